The Morgan fingerprint density at radius 2 is 2.10 bits per heavy atom. The molecule has 0 bridgehead atoms. The van der Waals surface area contributed by atoms with Gasteiger partial charge in [-0.25, -0.2) is 0 Å². The predicted octanol–water partition coefficient (Wildman–Crippen LogP) is 1.14. The summed E-state index contributed by atoms with van der Waals surface area (Å²) in [5, 5.41) is 2.73. The molecule has 0 aliphatic carbocycles. The molecule has 2 amide bonds. The maximum absolute atomic E-state index is 12.0. The molecular weight excluding hydrogens is 272 g/mol. The van der Waals surface area contributed by atoms with E-state index in [4.69, 9.17) is 4.74 Å². The van der Waals surface area contributed by atoms with Gasteiger partial charge in [-0.3, -0.25) is 19.3 Å². The SMILES string of the molecule is CCCCNC(=O)CN1C(=O)C(=O)c2cc(OC)ccc21. The monoisotopic (exact) mass is 290 g/mol. The molecule has 1 heterocycles. The van der Waals surface area contributed by atoms with Crippen molar-refractivity contribution in [1.82, 2.24) is 5.32 Å². The van der Waals surface area contributed by atoms with Gasteiger partial charge in [0.05, 0.1) is 18.4 Å². The van der Waals surface area contributed by atoms with Gasteiger partial charge < -0.3 is 10.1 Å². The Morgan fingerprint density at radius 1 is 1.33 bits per heavy atom. The highest BCUT2D eigenvalue weighted by molar-refractivity contribution is 6.52. The van der Waals surface area contributed by atoms with Gasteiger partial charge in [-0.1, -0.05) is 13.3 Å². The third-order valence-electron chi connectivity index (χ3n) is 3.33. The van der Waals surface area contributed by atoms with Crippen molar-refractivity contribution in [2.45, 2.75) is 19.8 Å². The highest BCUT2D eigenvalue weighted by Crippen LogP contribution is 2.31. The van der Waals surface area contributed by atoms with E-state index in [0.29, 0.717) is 18.0 Å². The number of rotatable bonds is 6. The van der Waals surface area contributed by atoms with Crippen molar-refractivity contribution in [3.05, 3.63) is 23.8 Å². The van der Waals surface area contributed by atoms with E-state index in [9.17, 15) is 14.4 Å². The van der Waals surface area contributed by atoms with E-state index in [0.717, 1.165) is 12.8 Å². The number of amides is 2. The van der Waals surface area contributed by atoms with Crippen LogP contribution in [0.2, 0.25) is 0 Å². The molecule has 1 aliphatic rings. The normalized spacial score (nSPS) is 13.3. The first-order valence-electron chi connectivity index (χ1n) is 6.89. The molecule has 0 radical (unpaired) electrons. The van der Waals surface area contributed by atoms with E-state index < -0.39 is 11.7 Å². The van der Waals surface area contributed by atoms with Crippen LogP contribution >= 0.6 is 0 Å². The second-order valence-corrected chi connectivity index (χ2v) is 4.81. The first-order chi connectivity index (χ1) is 10.1. The number of benzene rings is 1. The molecule has 1 aromatic rings. The summed E-state index contributed by atoms with van der Waals surface area (Å²) in [6.45, 7) is 2.45. The fraction of sp³-hybridized carbons (Fsp3) is 0.400. The second-order valence-electron chi connectivity index (χ2n) is 4.81. The molecule has 6 heteroatoms. The van der Waals surface area contributed by atoms with E-state index in [1.807, 2.05) is 6.92 Å². The van der Waals surface area contributed by atoms with E-state index in [1.54, 1.807) is 12.1 Å². The lowest BCUT2D eigenvalue weighted by molar-refractivity contribution is -0.122. The summed E-state index contributed by atoms with van der Waals surface area (Å²) in [5.74, 6) is -1.05. The number of methoxy groups -OCH3 is 1. The average Bonchev–Trinajstić information content (AvgIpc) is 2.72. The number of hydrogen-bond acceptors (Lipinski definition) is 4. The highest BCUT2D eigenvalue weighted by atomic mass is 16.5. The molecule has 21 heavy (non-hydrogen) atoms. The average molecular weight is 290 g/mol. The molecule has 0 spiro atoms. The summed E-state index contributed by atoms with van der Waals surface area (Å²) < 4.78 is 5.04. The van der Waals surface area contributed by atoms with E-state index in [2.05, 4.69) is 5.32 Å². The molecule has 0 fully saturated rings. The number of unbranched alkanes of at least 4 members (excludes halogenated alkanes) is 1. The number of carbonyl (C=O) groups excluding carboxylic acids is 3. The minimum Gasteiger partial charge on any atom is -0.497 e. The van der Waals surface area contributed by atoms with Gasteiger partial charge in [0.2, 0.25) is 5.91 Å². The third kappa shape index (κ3) is 3.04. The molecule has 112 valence electrons. The first-order valence-corrected chi connectivity index (χ1v) is 6.89. The minimum absolute atomic E-state index is 0.145. The van der Waals surface area contributed by atoms with Gasteiger partial charge in [0.1, 0.15) is 12.3 Å². The van der Waals surface area contributed by atoms with Crippen LogP contribution in [-0.2, 0) is 9.59 Å². The number of hydrogen-bond donors (Lipinski definition) is 1. The number of ketones is 1. The van der Waals surface area contributed by atoms with Crippen LogP contribution in [0.15, 0.2) is 18.2 Å². The number of nitrogens with one attached hydrogen (secondary N) is 1. The number of Topliss-reactive ketones (excluding diaryl/α,β-unsaturated/α-hetero) is 1. The van der Waals surface area contributed by atoms with Gasteiger partial charge in [0.25, 0.3) is 11.7 Å². The van der Waals surface area contributed by atoms with Crippen LogP contribution in [0.5, 0.6) is 5.75 Å². The quantitative estimate of drug-likeness (QED) is 0.629. The van der Waals surface area contributed by atoms with Crippen molar-refractivity contribution < 1.29 is 19.1 Å². The van der Waals surface area contributed by atoms with Gasteiger partial charge in [-0.05, 0) is 24.6 Å². The molecule has 0 aromatic heterocycles. The maximum Gasteiger partial charge on any atom is 0.299 e. The topological polar surface area (TPSA) is 75.7 Å². The number of ether oxygens (including phenoxy) is 1. The molecule has 0 unspecified atom stereocenters. The van der Waals surface area contributed by atoms with Crippen LogP contribution in [0.4, 0.5) is 5.69 Å². The first kappa shape index (κ1) is 15.0. The lowest BCUT2D eigenvalue weighted by atomic mass is 10.1. The lowest BCUT2D eigenvalue weighted by Crippen LogP contribution is -2.40. The molecule has 1 aliphatic heterocycles. The van der Waals surface area contributed by atoms with Crippen molar-refractivity contribution in [1.29, 1.82) is 0 Å². The zero-order chi connectivity index (χ0) is 15.4. The van der Waals surface area contributed by atoms with Crippen molar-refractivity contribution in [2.75, 3.05) is 25.1 Å². The molecule has 1 aromatic carbocycles. The van der Waals surface area contributed by atoms with Crippen molar-refractivity contribution in [3.8, 4) is 5.75 Å². The molecule has 1 N–H and O–H groups in total. The Kier molecular flexibility index (Phi) is 4.57. The zero-order valence-electron chi connectivity index (χ0n) is 12.1. The van der Waals surface area contributed by atoms with Crippen LogP contribution in [-0.4, -0.2) is 37.8 Å². The summed E-state index contributed by atoms with van der Waals surface area (Å²) in [6.07, 6.45) is 1.86. The van der Waals surface area contributed by atoms with Gasteiger partial charge in [0.15, 0.2) is 0 Å². The number of carbonyl (C=O) groups is 3. The number of nitrogens with zero attached hydrogens (tertiary/aromatic N) is 1. The Bertz CT molecular complexity index is 583. The highest BCUT2D eigenvalue weighted by Gasteiger charge is 2.37. The van der Waals surface area contributed by atoms with Crippen molar-refractivity contribution in [2.24, 2.45) is 0 Å². The predicted molar refractivity (Wildman–Crippen MR) is 77.6 cm³/mol. The molecule has 0 saturated carbocycles. The maximum atomic E-state index is 12.0. The van der Waals surface area contributed by atoms with E-state index in [1.165, 1.54) is 18.1 Å². The Morgan fingerprint density at radius 3 is 2.76 bits per heavy atom. The summed E-state index contributed by atoms with van der Waals surface area (Å²) in [6, 6.07) is 4.80. The summed E-state index contributed by atoms with van der Waals surface area (Å²) >= 11 is 0. The van der Waals surface area contributed by atoms with Gasteiger partial charge in [-0.2, -0.15) is 0 Å². The number of anilines is 1. The zero-order valence-corrected chi connectivity index (χ0v) is 12.1. The standard InChI is InChI=1S/C15H18N2O4/c1-3-4-7-16-13(18)9-17-12-6-5-10(21-2)8-11(12)14(19)15(17)20/h5-6,8H,3-4,7,9H2,1-2H3,(H,16,18). The van der Waals surface area contributed by atoms with Gasteiger partial charge >= 0.3 is 0 Å². The van der Waals surface area contributed by atoms with Gasteiger partial charge in [0, 0.05) is 6.54 Å². The van der Waals surface area contributed by atoms with Crippen molar-refractivity contribution in [3.63, 3.8) is 0 Å². The molecule has 0 saturated heterocycles. The Hall–Kier alpha value is -2.37. The van der Waals surface area contributed by atoms with Gasteiger partial charge in [-0.15, -0.1) is 0 Å². The summed E-state index contributed by atoms with van der Waals surface area (Å²) in [7, 11) is 1.49. The van der Waals surface area contributed by atoms with Crippen LogP contribution in [0.3, 0.4) is 0 Å². The molecular formula is C15H18N2O4. The van der Waals surface area contributed by atoms with Crippen LogP contribution in [0, 0.1) is 0 Å². The lowest BCUT2D eigenvalue weighted by Gasteiger charge is -2.16. The molecule has 2 rings (SSSR count). The second kappa shape index (κ2) is 6.39. The Labute approximate surface area is 123 Å². The number of fused-ring (bicyclic) bond motifs is 1. The van der Waals surface area contributed by atoms with E-state index in [-0.39, 0.29) is 18.0 Å². The largest absolute Gasteiger partial charge is 0.497 e. The van der Waals surface area contributed by atoms with Crippen LogP contribution in [0.1, 0.15) is 30.1 Å². The fourth-order valence-corrected chi connectivity index (χ4v) is 2.17. The minimum atomic E-state index is -0.677. The smallest absolute Gasteiger partial charge is 0.299 e. The molecule has 6 nitrogen and oxygen atoms in total. The Balaban J connectivity index is 2.14. The summed E-state index contributed by atoms with van der Waals surface area (Å²) in [4.78, 5) is 36.9. The van der Waals surface area contributed by atoms with E-state index >= 15 is 0 Å². The third-order valence-corrected chi connectivity index (χ3v) is 3.33. The van der Waals surface area contributed by atoms with Crippen LogP contribution < -0.4 is 15.0 Å². The fourth-order valence-electron chi connectivity index (χ4n) is 2.17. The van der Waals surface area contributed by atoms with Crippen LogP contribution in [0.25, 0.3) is 0 Å². The summed E-state index contributed by atoms with van der Waals surface area (Å²) in [5.41, 5.74) is 0.733. The molecule has 0 atom stereocenters. The van der Waals surface area contributed by atoms with Crippen molar-refractivity contribution >= 4 is 23.3 Å².